The van der Waals surface area contributed by atoms with Crippen molar-refractivity contribution in [3.05, 3.63) is 0 Å². The van der Waals surface area contributed by atoms with Crippen LogP contribution in [0.4, 0.5) is 0 Å². The lowest BCUT2D eigenvalue weighted by molar-refractivity contribution is 0.270. The third kappa shape index (κ3) is 6.33. The minimum atomic E-state index is -2.80. The first-order chi connectivity index (χ1) is 16.9. The summed E-state index contributed by atoms with van der Waals surface area (Å²) >= 11 is 25.5. The zero-order chi connectivity index (χ0) is 25.7. The van der Waals surface area contributed by atoms with E-state index in [1.807, 2.05) is 23.4 Å². The summed E-state index contributed by atoms with van der Waals surface area (Å²) in [5, 5.41) is 0. The van der Waals surface area contributed by atoms with Crippen molar-refractivity contribution in [3.8, 4) is 0 Å². The maximum absolute atomic E-state index is 6.39. The third-order valence-corrected chi connectivity index (χ3v) is 27.3. The first-order valence-corrected chi connectivity index (χ1v) is 24.0. The van der Waals surface area contributed by atoms with E-state index in [-0.39, 0.29) is 0 Å². The molecule has 0 radical (unpaired) electrons. The largest absolute Gasteiger partial charge is 0.316 e. The van der Waals surface area contributed by atoms with Gasteiger partial charge in [0.15, 0.2) is 0 Å². The summed E-state index contributed by atoms with van der Waals surface area (Å²) in [5.41, 5.74) is 0. The Labute approximate surface area is 229 Å². The summed E-state index contributed by atoms with van der Waals surface area (Å²) < 4.78 is 64.3. The topological polar surface area (TPSA) is 136 Å². The summed E-state index contributed by atoms with van der Waals surface area (Å²) in [6.45, 7) is -6.73. The van der Waals surface area contributed by atoms with Crippen LogP contribution in [0.25, 0.3) is 0 Å². The van der Waals surface area contributed by atoms with Gasteiger partial charge in [0.2, 0.25) is 0 Å². The molecule has 0 aromatic rings. The Hall–Kier alpha value is 2.22. The van der Waals surface area contributed by atoms with E-state index in [9.17, 15) is 0 Å². The number of nitrogens with zero attached hydrogens (tertiary/aromatic N) is 8. The molecule has 36 heavy (non-hydrogen) atoms. The average Bonchev–Trinajstić information content (AvgIpc) is 3.26. The molecule has 6 heterocycles. The minimum Gasteiger partial charge on any atom is -0.316 e. The smallest absolute Gasteiger partial charge is 0.301 e. The predicted molar refractivity (Wildman–Crippen MR) is 150 cm³/mol. The lowest BCUT2D eigenvalue weighted by Gasteiger charge is -2.31. The third-order valence-electron chi connectivity index (χ3n) is 5.20. The Morgan fingerprint density at radius 3 is 1.11 bits per heavy atom. The van der Waals surface area contributed by atoms with Crippen LogP contribution in [0, 0.1) is 0 Å². The summed E-state index contributed by atoms with van der Waals surface area (Å²) in [7, 11) is -1.23. The van der Waals surface area contributed by atoms with Crippen LogP contribution in [0.1, 0.15) is 12.8 Å². The second-order valence-corrected chi connectivity index (χ2v) is 26.3. The van der Waals surface area contributed by atoms with Gasteiger partial charge in [-0.2, -0.15) is 27.1 Å². The van der Waals surface area contributed by atoms with Crippen molar-refractivity contribution in [2.24, 2.45) is 27.1 Å². The number of halogens is 4. The van der Waals surface area contributed by atoms with Gasteiger partial charge in [-0.25, -0.2) is 9.34 Å². The summed E-state index contributed by atoms with van der Waals surface area (Å²) in [6.07, 6.45) is 1.43. The van der Waals surface area contributed by atoms with Gasteiger partial charge in [-0.1, -0.05) is 0 Å². The summed E-state index contributed by atoms with van der Waals surface area (Å²) in [5.74, 6) is 0. The maximum Gasteiger partial charge on any atom is 0.301 e. The molecule has 24 heteroatoms. The van der Waals surface area contributed by atoms with Crippen molar-refractivity contribution < 1.29 is 27.1 Å². The average molecular weight is 706 g/mol. The van der Waals surface area contributed by atoms with Crippen LogP contribution in [0.3, 0.4) is 0 Å². The first-order valence-electron chi connectivity index (χ1n) is 10.8. The van der Waals surface area contributed by atoms with E-state index < -0.39 is 42.3 Å². The van der Waals surface area contributed by atoms with Crippen LogP contribution in [0.5, 0.6) is 0 Å². The molecule has 0 aromatic heterocycles. The van der Waals surface area contributed by atoms with E-state index in [1.54, 1.807) is 0 Å². The normalized spacial score (nSPS) is 48.8. The van der Waals surface area contributed by atoms with Crippen molar-refractivity contribution in [3.63, 3.8) is 0 Å². The van der Waals surface area contributed by atoms with Crippen LogP contribution >= 0.6 is 87.3 Å². The van der Waals surface area contributed by atoms with E-state index in [0.717, 1.165) is 13.1 Å². The molecule has 0 aromatic carbocycles. The van der Waals surface area contributed by atoms with Gasteiger partial charge in [0, 0.05) is 13.1 Å². The second-order valence-electron chi connectivity index (χ2n) is 7.92. The lowest BCUT2D eigenvalue weighted by atomic mass is 10.5. The fourth-order valence-corrected chi connectivity index (χ4v) is 28.8. The fraction of sp³-hybridized carbons (Fsp3) is 1.00. The lowest BCUT2D eigenvalue weighted by Crippen LogP contribution is -2.09. The van der Waals surface area contributed by atoms with Gasteiger partial charge in [-0.05, 0) is 71.9 Å². The molecule has 2 spiro atoms. The zero-order valence-corrected chi connectivity index (χ0v) is 27.7. The monoisotopic (exact) mass is 704 g/mol. The fourth-order valence-electron chi connectivity index (χ4n) is 3.43. The van der Waals surface area contributed by atoms with Gasteiger partial charge in [-0.3, -0.25) is 0 Å². The highest BCUT2D eigenvalue weighted by Crippen LogP contribution is 2.85. The molecule has 14 nitrogen and oxygen atoms in total. The molecule has 2 fully saturated rings. The SMILES string of the molecule is CN1CCO[P@@]12=N[P@@]1(Cl)=N[P@@](Cl)(=N2)OCCCO1.CN1CCO[P@]12=N[P@]1(Cl)=N[P@](Cl)(=N2)OCCCO1. The molecule has 0 amide bonds. The second kappa shape index (κ2) is 11.1. The minimum absolute atomic E-state index is 0.463. The van der Waals surface area contributed by atoms with Crippen molar-refractivity contribution in [1.82, 2.24) is 9.34 Å². The van der Waals surface area contributed by atoms with Crippen LogP contribution in [-0.4, -0.2) is 76.2 Å². The Balaban J connectivity index is 0.000000148. The summed E-state index contributed by atoms with van der Waals surface area (Å²) in [4.78, 5) is 0. The Bertz CT molecular complexity index is 1150. The molecule has 0 aliphatic carbocycles. The maximum atomic E-state index is 6.39. The van der Waals surface area contributed by atoms with E-state index >= 15 is 0 Å². The van der Waals surface area contributed by atoms with Gasteiger partial charge in [0.1, 0.15) is 0 Å². The molecule has 6 aliphatic rings. The number of hydrogen-bond donors (Lipinski definition) is 0. The van der Waals surface area contributed by atoms with Crippen molar-refractivity contribution in [2.75, 3.05) is 66.8 Å². The quantitative estimate of drug-likeness (QED) is 0.227. The van der Waals surface area contributed by atoms with Gasteiger partial charge in [0.25, 0.3) is 15.2 Å². The molecular weight excluding hydrogens is 680 g/mol. The highest BCUT2D eigenvalue weighted by atomic mass is 35.7. The van der Waals surface area contributed by atoms with E-state index in [2.05, 4.69) is 27.1 Å². The Kier molecular flexibility index (Phi) is 9.19. The number of hydrogen-bond acceptors (Lipinski definition) is 14. The van der Waals surface area contributed by atoms with E-state index in [4.69, 9.17) is 72.1 Å². The highest BCUT2D eigenvalue weighted by Gasteiger charge is 2.45. The zero-order valence-electron chi connectivity index (χ0n) is 19.3. The first kappa shape index (κ1) is 29.7. The predicted octanol–water partition coefficient (Wildman–Crippen LogP) is 9.43. The van der Waals surface area contributed by atoms with Gasteiger partial charge in [0.05, 0.1) is 39.6 Å². The number of rotatable bonds is 0. The van der Waals surface area contributed by atoms with Crippen LogP contribution < -0.4 is 0 Å². The summed E-state index contributed by atoms with van der Waals surface area (Å²) in [6, 6.07) is 0. The molecule has 0 N–H and O–H groups in total. The van der Waals surface area contributed by atoms with Crippen LogP contribution in [0.2, 0.25) is 0 Å². The molecule has 2 saturated heterocycles. The highest BCUT2D eigenvalue weighted by molar-refractivity contribution is 8.01. The standard InChI is InChI=1S/2C6H13Cl2N4O3P3/c2*1-12-3-6-15-18(12)10-16(7)9-17(8,11-18)14-5-2-4-13-16/h2*2-6H2,1H3/t2*16-,17+,18-. The van der Waals surface area contributed by atoms with Gasteiger partial charge in [-0.15, -0.1) is 0 Å². The van der Waals surface area contributed by atoms with Crippen LogP contribution in [0.15, 0.2) is 27.1 Å². The molecular formula is C12H26Cl4N8O6P6. The molecule has 0 saturated carbocycles. The van der Waals surface area contributed by atoms with Crippen LogP contribution in [-0.2, 0) is 27.1 Å². The number of fused-ring (bicyclic) bond motifs is 2. The Morgan fingerprint density at radius 1 is 0.472 bits per heavy atom. The molecule has 6 atom stereocenters. The molecule has 6 rings (SSSR count). The van der Waals surface area contributed by atoms with Crippen molar-refractivity contribution in [1.29, 1.82) is 0 Å². The number of likely N-dealkylation sites (N-methyl/N-ethyl adjacent to an activating group) is 2. The molecule has 0 unspecified atom stereocenters. The molecule has 4 bridgehead atoms. The molecule has 6 aliphatic heterocycles. The van der Waals surface area contributed by atoms with Gasteiger partial charge >= 0.3 is 27.1 Å². The molecule has 208 valence electrons. The Morgan fingerprint density at radius 2 is 0.806 bits per heavy atom. The van der Waals surface area contributed by atoms with E-state index in [1.165, 1.54) is 0 Å². The van der Waals surface area contributed by atoms with E-state index in [0.29, 0.717) is 52.5 Å². The van der Waals surface area contributed by atoms with Crippen molar-refractivity contribution >= 4 is 87.3 Å². The van der Waals surface area contributed by atoms with Crippen molar-refractivity contribution in [2.45, 2.75) is 12.8 Å². The van der Waals surface area contributed by atoms with Gasteiger partial charge < -0.3 is 27.1 Å².